The minimum Gasteiger partial charge on any atom is -0.342 e. The first-order valence-electron chi connectivity index (χ1n) is 9.92. The third-order valence-electron chi connectivity index (χ3n) is 5.95. The molecule has 1 aromatic rings. The van der Waals surface area contributed by atoms with Gasteiger partial charge in [0.05, 0.1) is 0 Å². The summed E-state index contributed by atoms with van der Waals surface area (Å²) in [6, 6.07) is 1.92. The molecular formula is C20H32N4O2. The van der Waals surface area contributed by atoms with Crippen LogP contribution in [0.25, 0.3) is 0 Å². The highest BCUT2D eigenvalue weighted by molar-refractivity contribution is 5.78. The Balaban J connectivity index is 1.63. The quantitative estimate of drug-likeness (QED) is 0.810. The molecule has 1 aromatic heterocycles. The van der Waals surface area contributed by atoms with Crippen molar-refractivity contribution in [3.8, 4) is 0 Å². The molecule has 2 saturated heterocycles. The molecule has 2 aliphatic rings. The van der Waals surface area contributed by atoms with Crippen molar-refractivity contribution in [2.75, 3.05) is 26.2 Å². The summed E-state index contributed by atoms with van der Waals surface area (Å²) in [7, 11) is 0. The van der Waals surface area contributed by atoms with Crippen molar-refractivity contribution in [1.82, 2.24) is 19.6 Å². The van der Waals surface area contributed by atoms with E-state index in [0.717, 1.165) is 57.6 Å². The number of carbonyl (C=O) groups excluding carboxylic acids is 2. The van der Waals surface area contributed by atoms with Gasteiger partial charge in [-0.05, 0) is 44.6 Å². The maximum absolute atomic E-state index is 12.8. The first kappa shape index (κ1) is 18.9. The molecule has 3 heterocycles. The Morgan fingerprint density at radius 2 is 2.12 bits per heavy atom. The molecule has 6 nitrogen and oxygen atoms in total. The van der Waals surface area contributed by atoms with Crippen molar-refractivity contribution in [1.29, 1.82) is 0 Å². The lowest BCUT2D eigenvalue weighted by molar-refractivity contribution is -0.143. The maximum atomic E-state index is 12.8. The number of rotatable bonds is 5. The smallest absolute Gasteiger partial charge is 0.244 e. The van der Waals surface area contributed by atoms with Crippen molar-refractivity contribution < 1.29 is 9.59 Å². The van der Waals surface area contributed by atoms with E-state index in [9.17, 15) is 9.59 Å². The summed E-state index contributed by atoms with van der Waals surface area (Å²) < 4.78 is 1.77. The molecule has 0 radical (unpaired) electrons. The summed E-state index contributed by atoms with van der Waals surface area (Å²) in [4.78, 5) is 29.2. The molecule has 1 unspecified atom stereocenters. The number of aromatic nitrogens is 2. The molecule has 3 rings (SSSR count). The number of hydrogen-bond acceptors (Lipinski definition) is 3. The second-order valence-corrected chi connectivity index (χ2v) is 8.55. The van der Waals surface area contributed by atoms with E-state index in [4.69, 9.17) is 0 Å². The molecule has 0 aliphatic carbocycles. The zero-order valence-corrected chi connectivity index (χ0v) is 16.4. The van der Waals surface area contributed by atoms with Crippen LogP contribution >= 0.6 is 0 Å². The molecule has 0 saturated carbocycles. The van der Waals surface area contributed by atoms with Gasteiger partial charge in [0.2, 0.25) is 11.8 Å². The number of piperidine rings is 2. The zero-order chi connectivity index (χ0) is 18.7. The van der Waals surface area contributed by atoms with Crippen LogP contribution in [-0.4, -0.2) is 57.6 Å². The van der Waals surface area contributed by atoms with Gasteiger partial charge in [0.1, 0.15) is 6.54 Å². The van der Waals surface area contributed by atoms with Gasteiger partial charge in [-0.3, -0.25) is 14.3 Å². The van der Waals surface area contributed by atoms with E-state index in [-0.39, 0.29) is 17.2 Å². The van der Waals surface area contributed by atoms with Crippen LogP contribution in [0.4, 0.5) is 0 Å². The topological polar surface area (TPSA) is 58.4 Å². The molecule has 1 spiro atoms. The van der Waals surface area contributed by atoms with E-state index in [1.807, 2.05) is 17.9 Å². The third kappa shape index (κ3) is 4.27. The van der Waals surface area contributed by atoms with Gasteiger partial charge in [0.25, 0.3) is 0 Å². The second kappa shape index (κ2) is 7.80. The Labute approximate surface area is 156 Å². The molecule has 2 fully saturated rings. The van der Waals surface area contributed by atoms with E-state index in [1.165, 1.54) is 0 Å². The van der Waals surface area contributed by atoms with Gasteiger partial charge in [0.15, 0.2) is 0 Å². The predicted octanol–water partition coefficient (Wildman–Crippen LogP) is 2.47. The zero-order valence-electron chi connectivity index (χ0n) is 16.4. The van der Waals surface area contributed by atoms with Crippen LogP contribution in [0, 0.1) is 18.3 Å². The lowest BCUT2D eigenvalue weighted by atomic mass is 9.73. The Bertz CT molecular complexity index is 654. The molecule has 0 bridgehead atoms. The Hall–Kier alpha value is -1.85. The van der Waals surface area contributed by atoms with Crippen molar-refractivity contribution in [3.05, 3.63) is 18.0 Å². The minimum atomic E-state index is 0.0813. The van der Waals surface area contributed by atoms with Crippen LogP contribution in [0.5, 0.6) is 0 Å². The van der Waals surface area contributed by atoms with Crippen molar-refractivity contribution in [3.63, 3.8) is 0 Å². The van der Waals surface area contributed by atoms with Gasteiger partial charge < -0.3 is 9.80 Å². The van der Waals surface area contributed by atoms with Crippen LogP contribution < -0.4 is 0 Å². The fraction of sp³-hybridized carbons (Fsp3) is 0.750. The van der Waals surface area contributed by atoms with Gasteiger partial charge in [-0.2, -0.15) is 5.10 Å². The maximum Gasteiger partial charge on any atom is 0.244 e. The molecular weight excluding hydrogens is 328 g/mol. The van der Waals surface area contributed by atoms with Crippen LogP contribution in [0.1, 0.15) is 51.6 Å². The minimum absolute atomic E-state index is 0.0813. The molecule has 0 N–H and O–H groups in total. The van der Waals surface area contributed by atoms with Gasteiger partial charge in [-0.25, -0.2) is 0 Å². The molecule has 144 valence electrons. The lowest BCUT2D eigenvalue weighted by Gasteiger charge is -2.48. The molecule has 2 amide bonds. The molecule has 2 aliphatic heterocycles. The van der Waals surface area contributed by atoms with E-state index >= 15 is 0 Å². The molecule has 0 aromatic carbocycles. The SMILES string of the molecule is Cc1ccnn1CC(=O)N1CCCC2(CCC(=O)N(CCC(C)C)C2)C1. The number of amides is 2. The number of likely N-dealkylation sites (tertiary alicyclic amines) is 2. The van der Waals surface area contributed by atoms with Crippen LogP contribution in [0.2, 0.25) is 0 Å². The Morgan fingerprint density at radius 3 is 2.81 bits per heavy atom. The van der Waals surface area contributed by atoms with Crippen molar-refractivity contribution >= 4 is 11.8 Å². The summed E-state index contributed by atoms with van der Waals surface area (Å²) in [6.07, 6.45) is 6.45. The number of nitrogens with zero attached hydrogens (tertiary/aromatic N) is 4. The van der Waals surface area contributed by atoms with E-state index in [0.29, 0.717) is 18.9 Å². The van der Waals surface area contributed by atoms with Crippen LogP contribution in [-0.2, 0) is 16.1 Å². The van der Waals surface area contributed by atoms with Gasteiger partial charge in [-0.1, -0.05) is 13.8 Å². The lowest BCUT2D eigenvalue weighted by Crippen LogP contribution is -2.55. The second-order valence-electron chi connectivity index (χ2n) is 8.55. The summed E-state index contributed by atoms with van der Waals surface area (Å²) >= 11 is 0. The highest BCUT2D eigenvalue weighted by atomic mass is 16.2. The number of carbonyl (C=O) groups is 2. The average Bonchev–Trinajstić information content (AvgIpc) is 3.01. The average molecular weight is 361 g/mol. The van der Waals surface area contributed by atoms with Crippen LogP contribution in [0.3, 0.4) is 0 Å². The Morgan fingerprint density at radius 1 is 1.31 bits per heavy atom. The summed E-state index contributed by atoms with van der Waals surface area (Å²) in [5.41, 5.74) is 1.09. The van der Waals surface area contributed by atoms with Crippen molar-refractivity contribution in [2.45, 2.75) is 59.4 Å². The largest absolute Gasteiger partial charge is 0.342 e. The monoisotopic (exact) mass is 360 g/mol. The molecule has 1 atom stereocenters. The molecule has 6 heteroatoms. The standard InChI is InChI=1S/C20H32N4O2/c1-16(2)7-12-23-15-20(9-5-18(23)25)8-4-11-22(14-20)19(26)13-24-17(3)6-10-21-24/h6,10,16H,4-5,7-9,11-15H2,1-3H3. The highest BCUT2D eigenvalue weighted by Crippen LogP contribution is 2.39. The Kier molecular flexibility index (Phi) is 5.68. The third-order valence-corrected chi connectivity index (χ3v) is 5.95. The number of hydrogen-bond donors (Lipinski definition) is 0. The molecule has 26 heavy (non-hydrogen) atoms. The van der Waals surface area contributed by atoms with E-state index in [1.54, 1.807) is 10.9 Å². The fourth-order valence-electron chi connectivity index (χ4n) is 4.27. The fourth-order valence-corrected chi connectivity index (χ4v) is 4.27. The normalized spacial score (nSPS) is 23.9. The summed E-state index contributed by atoms with van der Waals surface area (Å²) in [5, 5.41) is 4.23. The van der Waals surface area contributed by atoms with Crippen molar-refractivity contribution in [2.24, 2.45) is 11.3 Å². The first-order chi connectivity index (χ1) is 12.4. The number of aryl methyl sites for hydroxylation is 1. The van der Waals surface area contributed by atoms with E-state index < -0.39 is 0 Å². The first-order valence-corrected chi connectivity index (χ1v) is 9.92. The van der Waals surface area contributed by atoms with Gasteiger partial charge in [0, 0.05) is 49.9 Å². The predicted molar refractivity (Wildman–Crippen MR) is 100 cm³/mol. The summed E-state index contributed by atoms with van der Waals surface area (Å²) in [6.45, 7) is 9.92. The highest BCUT2D eigenvalue weighted by Gasteiger charge is 2.42. The van der Waals surface area contributed by atoms with Gasteiger partial charge in [-0.15, -0.1) is 0 Å². The van der Waals surface area contributed by atoms with Crippen LogP contribution in [0.15, 0.2) is 12.3 Å². The summed E-state index contributed by atoms with van der Waals surface area (Å²) in [5.74, 6) is 1.02. The van der Waals surface area contributed by atoms with Gasteiger partial charge >= 0.3 is 0 Å². The van der Waals surface area contributed by atoms with E-state index in [2.05, 4.69) is 23.8 Å².